The van der Waals surface area contributed by atoms with E-state index in [1.807, 2.05) is 25.3 Å². The van der Waals surface area contributed by atoms with E-state index < -0.39 is 0 Å². The van der Waals surface area contributed by atoms with Gasteiger partial charge in [0.1, 0.15) is 0 Å². The number of hydrogen-bond acceptors (Lipinski definition) is 1. The number of benzene rings is 1. The Balaban J connectivity index is 1.93. The van der Waals surface area contributed by atoms with E-state index in [0.29, 0.717) is 13.1 Å². The lowest BCUT2D eigenvalue weighted by molar-refractivity contribution is 0.241. The number of carbonyl (C=O) groups is 1. The van der Waals surface area contributed by atoms with E-state index >= 15 is 0 Å². The summed E-state index contributed by atoms with van der Waals surface area (Å²) in [5.41, 5.74) is 2.37. The third-order valence-electron chi connectivity index (χ3n) is 2.69. The topological polar surface area (TPSA) is 56.9 Å². The van der Waals surface area contributed by atoms with Gasteiger partial charge in [0, 0.05) is 30.2 Å². The van der Waals surface area contributed by atoms with Crippen molar-refractivity contribution in [2.24, 2.45) is 0 Å². The quantitative estimate of drug-likeness (QED) is 0.741. The fraction of sp³-hybridized carbons (Fsp3) is 0.308. The first-order valence-electron chi connectivity index (χ1n) is 5.88. The molecule has 0 saturated heterocycles. The van der Waals surface area contributed by atoms with Gasteiger partial charge in [0.25, 0.3) is 0 Å². The van der Waals surface area contributed by atoms with Gasteiger partial charge in [-0.15, -0.1) is 0 Å². The molecule has 2 rings (SSSR count). The van der Waals surface area contributed by atoms with Gasteiger partial charge in [0.15, 0.2) is 0 Å². The number of amides is 2. The smallest absolute Gasteiger partial charge is 0.314 e. The summed E-state index contributed by atoms with van der Waals surface area (Å²) in [7, 11) is 0. The van der Waals surface area contributed by atoms with E-state index in [9.17, 15) is 4.79 Å². The van der Waals surface area contributed by atoms with Crippen molar-refractivity contribution in [3.05, 3.63) is 36.0 Å². The van der Waals surface area contributed by atoms with Crippen LogP contribution in [0.2, 0.25) is 0 Å². The van der Waals surface area contributed by atoms with Crippen LogP contribution < -0.4 is 10.6 Å². The highest BCUT2D eigenvalue weighted by Crippen LogP contribution is 2.17. The summed E-state index contributed by atoms with van der Waals surface area (Å²) in [6, 6.07) is 8.07. The first-order valence-corrected chi connectivity index (χ1v) is 5.88. The minimum atomic E-state index is -0.104. The van der Waals surface area contributed by atoms with Crippen molar-refractivity contribution in [3.8, 4) is 0 Å². The fourth-order valence-electron chi connectivity index (χ4n) is 1.87. The molecule has 17 heavy (non-hydrogen) atoms. The fourth-order valence-corrected chi connectivity index (χ4v) is 1.87. The largest absolute Gasteiger partial charge is 0.361 e. The van der Waals surface area contributed by atoms with Crippen LogP contribution in [0.15, 0.2) is 30.5 Å². The van der Waals surface area contributed by atoms with Crippen molar-refractivity contribution in [3.63, 3.8) is 0 Å². The molecule has 0 bridgehead atoms. The van der Waals surface area contributed by atoms with Gasteiger partial charge in [0.05, 0.1) is 0 Å². The van der Waals surface area contributed by atoms with Crippen molar-refractivity contribution in [1.82, 2.24) is 15.6 Å². The van der Waals surface area contributed by atoms with Crippen LogP contribution in [0.25, 0.3) is 10.9 Å². The molecule has 0 radical (unpaired) electrons. The molecule has 0 atom stereocenters. The molecule has 3 N–H and O–H groups in total. The Hall–Kier alpha value is -1.97. The monoisotopic (exact) mass is 231 g/mol. The summed E-state index contributed by atoms with van der Waals surface area (Å²) >= 11 is 0. The van der Waals surface area contributed by atoms with E-state index in [2.05, 4.69) is 27.8 Å². The average molecular weight is 231 g/mol. The van der Waals surface area contributed by atoms with Gasteiger partial charge < -0.3 is 15.6 Å². The summed E-state index contributed by atoms with van der Waals surface area (Å²) in [4.78, 5) is 14.4. The van der Waals surface area contributed by atoms with Gasteiger partial charge in [0.2, 0.25) is 0 Å². The van der Waals surface area contributed by atoms with Crippen molar-refractivity contribution >= 4 is 16.9 Å². The van der Waals surface area contributed by atoms with Gasteiger partial charge in [-0.05, 0) is 25.0 Å². The number of carbonyl (C=O) groups excluding carboxylic acids is 1. The Labute approximate surface area is 100 Å². The number of aromatic amines is 1. The Kier molecular flexibility index (Phi) is 3.65. The second-order valence-corrected chi connectivity index (χ2v) is 3.90. The molecule has 1 aromatic carbocycles. The van der Waals surface area contributed by atoms with Crippen LogP contribution in [-0.4, -0.2) is 24.1 Å². The zero-order valence-corrected chi connectivity index (χ0v) is 9.92. The zero-order valence-electron chi connectivity index (χ0n) is 9.92. The van der Waals surface area contributed by atoms with Crippen molar-refractivity contribution in [2.75, 3.05) is 13.1 Å². The summed E-state index contributed by atoms with van der Waals surface area (Å²) in [5, 5.41) is 6.75. The molecule has 0 aliphatic carbocycles. The zero-order chi connectivity index (χ0) is 12.1. The maximum Gasteiger partial charge on any atom is 0.314 e. The van der Waals surface area contributed by atoms with E-state index in [1.54, 1.807) is 0 Å². The number of rotatable bonds is 4. The third-order valence-corrected chi connectivity index (χ3v) is 2.69. The van der Waals surface area contributed by atoms with E-state index in [1.165, 1.54) is 10.9 Å². The highest BCUT2D eigenvalue weighted by molar-refractivity contribution is 5.83. The summed E-state index contributed by atoms with van der Waals surface area (Å²) in [6.45, 7) is 3.20. The van der Waals surface area contributed by atoms with Gasteiger partial charge >= 0.3 is 6.03 Å². The lowest BCUT2D eigenvalue weighted by Crippen LogP contribution is -2.36. The first kappa shape index (κ1) is 11.5. The molecule has 2 aromatic rings. The van der Waals surface area contributed by atoms with Crippen LogP contribution in [0.4, 0.5) is 4.79 Å². The maximum atomic E-state index is 11.2. The van der Waals surface area contributed by atoms with Crippen LogP contribution in [0.3, 0.4) is 0 Å². The van der Waals surface area contributed by atoms with Gasteiger partial charge in [-0.3, -0.25) is 0 Å². The molecule has 0 spiro atoms. The SMILES string of the molecule is CCNC(=O)NCCc1c[nH]c2ccccc12. The van der Waals surface area contributed by atoms with Crippen LogP contribution in [0, 0.1) is 0 Å². The van der Waals surface area contributed by atoms with E-state index in [4.69, 9.17) is 0 Å². The number of hydrogen-bond donors (Lipinski definition) is 3. The van der Waals surface area contributed by atoms with Gasteiger partial charge in [-0.25, -0.2) is 4.79 Å². The van der Waals surface area contributed by atoms with Crippen LogP contribution in [-0.2, 0) is 6.42 Å². The van der Waals surface area contributed by atoms with Gasteiger partial charge in [-0.2, -0.15) is 0 Å². The normalized spacial score (nSPS) is 10.4. The number of aromatic nitrogens is 1. The number of fused-ring (bicyclic) bond motifs is 1. The maximum absolute atomic E-state index is 11.2. The Morgan fingerprint density at radius 1 is 1.29 bits per heavy atom. The Morgan fingerprint density at radius 2 is 2.12 bits per heavy atom. The molecule has 0 fully saturated rings. The van der Waals surface area contributed by atoms with Crippen LogP contribution >= 0.6 is 0 Å². The standard InChI is InChI=1S/C13H17N3O/c1-2-14-13(17)15-8-7-10-9-16-12-6-4-3-5-11(10)12/h3-6,9,16H,2,7-8H2,1H3,(H2,14,15,17). The van der Waals surface area contributed by atoms with Crippen LogP contribution in [0.1, 0.15) is 12.5 Å². The Bertz CT molecular complexity index is 504. The summed E-state index contributed by atoms with van der Waals surface area (Å²) in [6.07, 6.45) is 2.84. The first-order chi connectivity index (χ1) is 8.31. The van der Waals surface area contributed by atoms with E-state index in [-0.39, 0.29) is 6.03 Å². The molecule has 1 aromatic heterocycles. The minimum Gasteiger partial charge on any atom is -0.361 e. The number of H-pyrrole nitrogens is 1. The lowest BCUT2D eigenvalue weighted by Gasteiger charge is -2.04. The Morgan fingerprint density at radius 3 is 2.94 bits per heavy atom. The van der Waals surface area contributed by atoms with Crippen molar-refractivity contribution in [2.45, 2.75) is 13.3 Å². The van der Waals surface area contributed by atoms with Crippen LogP contribution in [0.5, 0.6) is 0 Å². The molecule has 0 saturated carbocycles. The molecule has 2 amide bonds. The molecule has 90 valence electrons. The summed E-state index contributed by atoms with van der Waals surface area (Å²) in [5.74, 6) is 0. The molecule has 0 unspecified atom stereocenters. The predicted molar refractivity (Wildman–Crippen MR) is 69.1 cm³/mol. The molecule has 4 heteroatoms. The second kappa shape index (κ2) is 5.39. The predicted octanol–water partition coefficient (Wildman–Crippen LogP) is 2.03. The van der Waals surface area contributed by atoms with E-state index in [0.717, 1.165) is 11.9 Å². The number of urea groups is 1. The highest BCUT2D eigenvalue weighted by Gasteiger charge is 2.03. The molecule has 1 heterocycles. The molecule has 4 nitrogen and oxygen atoms in total. The molecular weight excluding hydrogens is 214 g/mol. The lowest BCUT2D eigenvalue weighted by atomic mass is 10.1. The molecular formula is C13H17N3O. The summed E-state index contributed by atoms with van der Waals surface area (Å²) < 4.78 is 0. The van der Waals surface area contributed by atoms with Crippen molar-refractivity contribution < 1.29 is 4.79 Å². The second-order valence-electron chi connectivity index (χ2n) is 3.90. The molecule has 0 aliphatic rings. The van der Waals surface area contributed by atoms with Gasteiger partial charge in [-0.1, -0.05) is 18.2 Å². The average Bonchev–Trinajstić information content (AvgIpc) is 2.73. The third kappa shape index (κ3) is 2.78. The number of para-hydroxylation sites is 1. The molecule has 0 aliphatic heterocycles. The van der Waals surface area contributed by atoms with Crippen molar-refractivity contribution in [1.29, 1.82) is 0 Å². The number of nitrogens with one attached hydrogen (secondary N) is 3. The minimum absolute atomic E-state index is 0.104. The highest BCUT2D eigenvalue weighted by atomic mass is 16.2.